The van der Waals surface area contributed by atoms with Gasteiger partial charge in [-0.1, -0.05) is 18.9 Å². The molecule has 0 amide bonds. The molecule has 0 bridgehead atoms. The van der Waals surface area contributed by atoms with Crippen molar-refractivity contribution in [1.82, 2.24) is 0 Å². The highest BCUT2D eigenvalue weighted by Crippen LogP contribution is 2.33. The summed E-state index contributed by atoms with van der Waals surface area (Å²) in [6.45, 7) is 2.79. The average molecular weight is 249 g/mol. The van der Waals surface area contributed by atoms with Crippen molar-refractivity contribution in [2.75, 3.05) is 13.7 Å². The van der Waals surface area contributed by atoms with Gasteiger partial charge < -0.3 is 15.2 Å². The molecule has 1 atom stereocenters. The van der Waals surface area contributed by atoms with Gasteiger partial charge in [0.05, 0.1) is 13.7 Å². The van der Waals surface area contributed by atoms with Gasteiger partial charge in [-0.05, 0) is 43.4 Å². The van der Waals surface area contributed by atoms with Gasteiger partial charge in [-0.2, -0.15) is 0 Å². The maximum Gasteiger partial charge on any atom is 0.161 e. The number of nitrogens with two attached hydrogens (primary N) is 1. The third-order valence-corrected chi connectivity index (χ3v) is 3.27. The van der Waals surface area contributed by atoms with Crippen LogP contribution >= 0.6 is 0 Å². The summed E-state index contributed by atoms with van der Waals surface area (Å²) in [6, 6.07) is 6.24. The highest BCUT2D eigenvalue weighted by molar-refractivity contribution is 5.43. The predicted octanol–water partition coefficient (Wildman–Crippen LogP) is 2.76. The standard InChI is InChI=1S/C15H23NO2/c1-11(16)9-13-5-6-14(15(10-13)17-2)18-8-7-12-3-4-12/h5-6,10-12H,3-4,7-9,16H2,1-2H3. The van der Waals surface area contributed by atoms with Gasteiger partial charge >= 0.3 is 0 Å². The fourth-order valence-electron chi connectivity index (χ4n) is 2.07. The quantitative estimate of drug-likeness (QED) is 0.808. The van der Waals surface area contributed by atoms with E-state index < -0.39 is 0 Å². The van der Waals surface area contributed by atoms with Gasteiger partial charge in [-0.3, -0.25) is 0 Å². The van der Waals surface area contributed by atoms with Crippen LogP contribution in [-0.4, -0.2) is 19.8 Å². The Morgan fingerprint density at radius 2 is 2.11 bits per heavy atom. The number of benzene rings is 1. The molecule has 18 heavy (non-hydrogen) atoms. The van der Waals surface area contributed by atoms with E-state index in [4.69, 9.17) is 15.2 Å². The van der Waals surface area contributed by atoms with E-state index in [0.29, 0.717) is 0 Å². The lowest BCUT2D eigenvalue weighted by molar-refractivity contribution is 0.283. The van der Waals surface area contributed by atoms with Crippen molar-refractivity contribution in [2.45, 2.75) is 38.6 Å². The summed E-state index contributed by atoms with van der Waals surface area (Å²) in [4.78, 5) is 0. The van der Waals surface area contributed by atoms with Crippen molar-refractivity contribution in [3.05, 3.63) is 23.8 Å². The van der Waals surface area contributed by atoms with Crippen LogP contribution in [0.1, 0.15) is 31.7 Å². The minimum atomic E-state index is 0.163. The Bertz CT molecular complexity index is 386. The second kappa shape index (κ2) is 6.10. The smallest absolute Gasteiger partial charge is 0.161 e. The molecule has 1 saturated carbocycles. The number of methoxy groups -OCH3 is 1. The lowest BCUT2D eigenvalue weighted by atomic mass is 10.1. The van der Waals surface area contributed by atoms with E-state index in [1.165, 1.54) is 18.4 Å². The summed E-state index contributed by atoms with van der Waals surface area (Å²) in [5, 5.41) is 0. The first-order valence-corrected chi connectivity index (χ1v) is 6.74. The molecular weight excluding hydrogens is 226 g/mol. The number of ether oxygens (including phenoxy) is 2. The van der Waals surface area contributed by atoms with E-state index in [0.717, 1.165) is 36.9 Å². The van der Waals surface area contributed by atoms with E-state index in [-0.39, 0.29) is 6.04 Å². The summed E-state index contributed by atoms with van der Waals surface area (Å²) in [6.07, 6.45) is 4.76. The maximum absolute atomic E-state index is 5.80. The molecule has 1 fully saturated rings. The molecule has 1 aliphatic carbocycles. The Labute approximate surface area is 109 Å². The Balaban J connectivity index is 1.95. The monoisotopic (exact) mass is 249 g/mol. The van der Waals surface area contributed by atoms with Crippen LogP contribution in [0.4, 0.5) is 0 Å². The molecule has 0 spiro atoms. The van der Waals surface area contributed by atoms with Crippen molar-refractivity contribution in [3.8, 4) is 11.5 Å². The van der Waals surface area contributed by atoms with Crippen LogP contribution in [0.25, 0.3) is 0 Å². The van der Waals surface area contributed by atoms with Gasteiger partial charge in [-0.15, -0.1) is 0 Å². The Morgan fingerprint density at radius 1 is 1.33 bits per heavy atom. The lowest BCUT2D eigenvalue weighted by Crippen LogP contribution is -2.17. The molecule has 0 saturated heterocycles. The van der Waals surface area contributed by atoms with E-state index in [9.17, 15) is 0 Å². The fraction of sp³-hybridized carbons (Fsp3) is 0.600. The largest absolute Gasteiger partial charge is 0.493 e. The van der Waals surface area contributed by atoms with E-state index in [1.807, 2.05) is 19.1 Å². The first kappa shape index (κ1) is 13.2. The second-order valence-electron chi connectivity index (χ2n) is 5.25. The summed E-state index contributed by atoms with van der Waals surface area (Å²) >= 11 is 0. The molecule has 2 rings (SSSR count). The van der Waals surface area contributed by atoms with Gasteiger partial charge in [-0.25, -0.2) is 0 Å². The zero-order valence-corrected chi connectivity index (χ0v) is 11.3. The predicted molar refractivity (Wildman–Crippen MR) is 73.2 cm³/mol. The summed E-state index contributed by atoms with van der Waals surface area (Å²) in [5.41, 5.74) is 6.99. The molecule has 1 aromatic rings. The van der Waals surface area contributed by atoms with E-state index in [1.54, 1.807) is 7.11 Å². The Hall–Kier alpha value is -1.22. The van der Waals surface area contributed by atoms with Crippen molar-refractivity contribution >= 4 is 0 Å². The molecule has 3 heteroatoms. The number of hydrogen-bond donors (Lipinski definition) is 1. The van der Waals surface area contributed by atoms with Crippen LogP contribution < -0.4 is 15.2 Å². The Morgan fingerprint density at radius 3 is 2.72 bits per heavy atom. The van der Waals surface area contributed by atoms with Gasteiger partial charge in [0, 0.05) is 6.04 Å². The zero-order valence-electron chi connectivity index (χ0n) is 11.3. The molecule has 1 aliphatic rings. The maximum atomic E-state index is 5.80. The molecule has 1 unspecified atom stereocenters. The molecule has 0 aromatic heterocycles. The van der Waals surface area contributed by atoms with Crippen LogP contribution in [0.3, 0.4) is 0 Å². The fourth-order valence-corrected chi connectivity index (χ4v) is 2.07. The SMILES string of the molecule is COc1cc(CC(C)N)ccc1OCCC1CC1. The van der Waals surface area contributed by atoms with Gasteiger partial charge in [0.2, 0.25) is 0 Å². The molecule has 0 radical (unpaired) electrons. The van der Waals surface area contributed by atoms with E-state index in [2.05, 4.69) is 6.07 Å². The normalized spacial score (nSPS) is 16.4. The second-order valence-corrected chi connectivity index (χ2v) is 5.25. The average Bonchev–Trinajstić information content (AvgIpc) is 3.14. The van der Waals surface area contributed by atoms with Crippen LogP contribution in [0, 0.1) is 5.92 Å². The van der Waals surface area contributed by atoms with Crippen LogP contribution in [0.5, 0.6) is 11.5 Å². The zero-order chi connectivity index (χ0) is 13.0. The minimum absolute atomic E-state index is 0.163. The third kappa shape index (κ3) is 3.91. The molecular formula is C15H23NO2. The van der Waals surface area contributed by atoms with Crippen LogP contribution in [-0.2, 0) is 6.42 Å². The molecule has 2 N–H and O–H groups in total. The topological polar surface area (TPSA) is 44.5 Å². The molecule has 1 aromatic carbocycles. The van der Waals surface area contributed by atoms with E-state index >= 15 is 0 Å². The van der Waals surface area contributed by atoms with Crippen molar-refractivity contribution in [2.24, 2.45) is 11.7 Å². The van der Waals surface area contributed by atoms with Crippen molar-refractivity contribution in [3.63, 3.8) is 0 Å². The van der Waals surface area contributed by atoms with Crippen LogP contribution in [0.2, 0.25) is 0 Å². The molecule has 3 nitrogen and oxygen atoms in total. The van der Waals surface area contributed by atoms with Crippen molar-refractivity contribution < 1.29 is 9.47 Å². The van der Waals surface area contributed by atoms with Crippen LogP contribution in [0.15, 0.2) is 18.2 Å². The first-order chi connectivity index (χ1) is 8.69. The summed E-state index contributed by atoms with van der Waals surface area (Å²) < 4.78 is 11.2. The first-order valence-electron chi connectivity index (χ1n) is 6.74. The van der Waals surface area contributed by atoms with Gasteiger partial charge in [0.25, 0.3) is 0 Å². The minimum Gasteiger partial charge on any atom is -0.493 e. The van der Waals surface area contributed by atoms with Gasteiger partial charge in [0.15, 0.2) is 11.5 Å². The summed E-state index contributed by atoms with van der Waals surface area (Å²) in [5.74, 6) is 2.55. The molecule has 0 aliphatic heterocycles. The molecule has 0 heterocycles. The number of rotatable bonds is 7. The highest BCUT2D eigenvalue weighted by Gasteiger charge is 2.21. The summed E-state index contributed by atoms with van der Waals surface area (Å²) in [7, 11) is 1.68. The van der Waals surface area contributed by atoms with Crippen molar-refractivity contribution in [1.29, 1.82) is 0 Å². The Kier molecular flexibility index (Phi) is 4.48. The third-order valence-electron chi connectivity index (χ3n) is 3.27. The molecule has 100 valence electrons. The highest BCUT2D eigenvalue weighted by atomic mass is 16.5. The number of hydrogen-bond acceptors (Lipinski definition) is 3. The van der Waals surface area contributed by atoms with Gasteiger partial charge in [0.1, 0.15) is 0 Å². The lowest BCUT2D eigenvalue weighted by Gasteiger charge is -2.13.